The highest BCUT2D eigenvalue weighted by Gasteiger charge is 2.08. The van der Waals surface area contributed by atoms with Crippen molar-refractivity contribution in [3.8, 4) is 0 Å². The van der Waals surface area contributed by atoms with E-state index in [0.717, 1.165) is 0 Å². The molecule has 1 heterocycles. The second-order valence-corrected chi connectivity index (χ2v) is 2.25. The van der Waals surface area contributed by atoms with Gasteiger partial charge in [-0.1, -0.05) is 18.2 Å². The normalized spacial score (nSPS) is 32.6. The first-order valence-corrected chi connectivity index (χ1v) is 2.89. The summed E-state index contributed by atoms with van der Waals surface area (Å²) in [6, 6.07) is 0. The van der Waals surface area contributed by atoms with E-state index in [2.05, 4.69) is 4.99 Å². The van der Waals surface area contributed by atoms with Crippen LogP contribution in [0.2, 0.25) is 0 Å². The van der Waals surface area contributed by atoms with E-state index in [4.69, 9.17) is 7.85 Å². The van der Waals surface area contributed by atoms with Crippen LogP contribution in [0.15, 0.2) is 29.3 Å². The zero-order chi connectivity index (χ0) is 6.74. The molecule has 1 nitrogen and oxygen atoms in total. The van der Waals surface area contributed by atoms with E-state index >= 15 is 0 Å². The van der Waals surface area contributed by atoms with Gasteiger partial charge in [0.05, 0.1) is 0 Å². The number of hydrogen-bond acceptors (Lipinski definition) is 1. The van der Waals surface area contributed by atoms with E-state index in [1.165, 1.54) is 0 Å². The summed E-state index contributed by atoms with van der Waals surface area (Å²) in [6.45, 7) is 1.85. The minimum Gasteiger partial charge on any atom is -0.293 e. The fraction of sp³-hybridized carbons (Fsp3) is 0.286. The Kier molecular flexibility index (Phi) is 1.56. The van der Waals surface area contributed by atoms with Gasteiger partial charge in [-0.15, -0.1) is 0 Å². The lowest BCUT2D eigenvalue weighted by molar-refractivity contribution is 0.839. The van der Waals surface area contributed by atoms with Gasteiger partial charge in [0.25, 0.3) is 0 Å². The minimum atomic E-state index is -0.510. The van der Waals surface area contributed by atoms with Crippen LogP contribution in [0.5, 0.6) is 0 Å². The number of aliphatic imine (C=N–C) groups is 1. The molecule has 44 valence electrons. The molecule has 1 aliphatic rings. The van der Waals surface area contributed by atoms with Gasteiger partial charge in [0, 0.05) is 11.7 Å². The van der Waals surface area contributed by atoms with Crippen molar-refractivity contribution in [3.63, 3.8) is 0 Å². The minimum absolute atomic E-state index is 0.510. The molecule has 2 radical (unpaired) electrons. The molecule has 1 unspecified atom stereocenters. The summed E-state index contributed by atoms with van der Waals surface area (Å²) >= 11 is 0. The Bertz CT molecular complexity index is 159. The molecule has 2 heteroatoms. The largest absolute Gasteiger partial charge is 0.293 e. The zero-order valence-corrected chi connectivity index (χ0v) is 5.41. The lowest BCUT2D eigenvalue weighted by Crippen LogP contribution is -2.17. The van der Waals surface area contributed by atoms with Crippen LogP contribution in [0.3, 0.4) is 0 Å². The summed E-state index contributed by atoms with van der Waals surface area (Å²) in [7, 11) is 5.65. The Labute approximate surface area is 56.6 Å². The van der Waals surface area contributed by atoms with E-state index in [0.29, 0.717) is 0 Å². The maximum Gasteiger partial charge on any atom is 0.112 e. The van der Waals surface area contributed by atoms with Crippen LogP contribution in [0, 0.1) is 0 Å². The number of rotatable bonds is 0. The van der Waals surface area contributed by atoms with Crippen LogP contribution in [-0.2, 0) is 0 Å². The van der Waals surface area contributed by atoms with E-state index < -0.39 is 5.44 Å². The maximum absolute atomic E-state index is 5.65. The third-order valence-corrected chi connectivity index (χ3v) is 1.09. The quantitative estimate of drug-likeness (QED) is 0.420. The van der Waals surface area contributed by atoms with Crippen molar-refractivity contribution in [1.29, 1.82) is 0 Å². The molecule has 0 aliphatic carbocycles. The first-order chi connectivity index (χ1) is 4.21. The molecule has 1 aliphatic heterocycles. The van der Waals surface area contributed by atoms with Crippen molar-refractivity contribution in [3.05, 3.63) is 24.3 Å². The van der Waals surface area contributed by atoms with Crippen molar-refractivity contribution in [2.75, 3.05) is 0 Å². The molecular formula is C7H8BN. The lowest BCUT2D eigenvalue weighted by Gasteiger charge is -2.11. The van der Waals surface area contributed by atoms with Gasteiger partial charge < -0.3 is 0 Å². The van der Waals surface area contributed by atoms with Crippen molar-refractivity contribution in [2.45, 2.75) is 12.4 Å². The van der Waals surface area contributed by atoms with Gasteiger partial charge in [-0.3, -0.25) is 4.99 Å². The van der Waals surface area contributed by atoms with Gasteiger partial charge >= 0.3 is 0 Å². The van der Waals surface area contributed by atoms with Gasteiger partial charge in [-0.05, 0) is 13.0 Å². The Morgan fingerprint density at radius 1 is 1.33 bits per heavy atom. The highest BCUT2D eigenvalue weighted by molar-refractivity contribution is 6.17. The molecule has 9 heavy (non-hydrogen) atoms. The van der Waals surface area contributed by atoms with Gasteiger partial charge in [0.1, 0.15) is 7.85 Å². The maximum atomic E-state index is 5.65. The van der Waals surface area contributed by atoms with Crippen LogP contribution in [-0.4, -0.2) is 19.5 Å². The van der Waals surface area contributed by atoms with Crippen LogP contribution >= 0.6 is 0 Å². The average Bonchev–Trinajstić information content (AvgIpc) is 1.92. The fourth-order valence-corrected chi connectivity index (χ4v) is 0.611. The smallest absolute Gasteiger partial charge is 0.112 e. The topological polar surface area (TPSA) is 12.4 Å². The predicted molar refractivity (Wildman–Crippen MR) is 40.9 cm³/mol. The van der Waals surface area contributed by atoms with E-state index in [-0.39, 0.29) is 0 Å². The van der Waals surface area contributed by atoms with Crippen molar-refractivity contribution < 1.29 is 0 Å². The van der Waals surface area contributed by atoms with Crippen molar-refractivity contribution in [1.82, 2.24) is 0 Å². The first-order valence-electron chi connectivity index (χ1n) is 2.89. The first kappa shape index (κ1) is 6.34. The molecule has 0 amide bonds. The molecule has 0 bridgehead atoms. The second-order valence-electron chi connectivity index (χ2n) is 2.25. The Morgan fingerprint density at radius 3 is 2.89 bits per heavy atom. The van der Waals surface area contributed by atoms with E-state index in [9.17, 15) is 0 Å². The van der Waals surface area contributed by atoms with Crippen molar-refractivity contribution in [2.24, 2.45) is 4.99 Å². The van der Waals surface area contributed by atoms with Gasteiger partial charge in [-0.2, -0.15) is 0 Å². The Hall–Kier alpha value is -0.785. The number of allylic oxidation sites excluding steroid dienone is 3. The SMILES string of the molecule is [B]C1(C)C=CC=CC=N1. The monoisotopic (exact) mass is 117 g/mol. The predicted octanol–water partition coefficient (Wildman–Crippen LogP) is 1.07. The average molecular weight is 117 g/mol. The summed E-state index contributed by atoms with van der Waals surface area (Å²) < 4.78 is 0. The summed E-state index contributed by atoms with van der Waals surface area (Å²) in [4.78, 5) is 4.03. The molecule has 0 aromatic heterocycles. The second kappa shape index (κ2) is 2.22. The van der Waals surface area contributed by atoms with Crippen molar-refractivity contribution >= 4 is 14.1 Å². The highest BCUT2D eigenvalue weighted by Crippen LogP contribution is 2.07. The fourth-order valence-electron chi connectivity index (χ4n) is 0.611. The van der Waals surface area contributed by atoms with Crippen LogP contribution in [0.25, 0.3) is 0 Å². The molecule has 0 aromatic carbocycles. The van der Waals surface area contributed by atoms with Gasteiger partial charge in [0.2, 0.25) is 0 Å². The third-order valence-electron chi connectivity index (χ3n) is 1.09. The molecule has 0 fully saturated rings. The lowest BCUT2D eigenvalue weighted by atomic mass is 9.80. The zero-order valence-electron chi connectivity index (χ0n) is 5.41. The van der Waals surface area contributed by atoms with Gasteiger partial charge in [-0.25, -0.2) is 0 Å². The Morgan fingerprint density at radius 2 is 2.11 bits per heavy atom. The standard InChI is InChI=1S/C7H8BN/c1-7(8)5-3-2-4-6-9-7/h2-6H,1H3. The third kappa shape index (κ3) is 1.88. The van der Waals surface area contributed by atoms with Crippen LogP contribution in [0.1, 0.15) is 6.92 Å². The molecule has 0 saturated carbocycles. The summed E-state index contributed by atoms with van der Waals surface area (Å²) in [5.41, 5.74) is -0.510. The summed E-state index contributed by atoms with van der Waals surface area (Å²) in [5.74, 6) is 0. The number of hydrogen-bond donors (Lipinski definition) is 0. The Balaban J connectivity index is 2.82. The number of nitrogens with zero attached hydrogens (tertiary/aromatic N) is 1. The molecule has 0 N–H and O–H groups in total. The molecule has 0 spiro atoms. The molecule has 0 saturated heterocycles. The summed E-state index contributed by atoms with van der Waals surface area (Å²) in [6.07, 6.45) is 9.22. The molecular weight excluding hydrogens is 109 g/mol. The highest BCUT2D eigenvalue weighted by atomic mass is 14.8. The van der Waals surface area contributed by atoms with E-state index in [1.54, 1.807) is 6.21 Å². The summed E-state index contributed by atoms with van der Waals surface area (Å²) in [5, 5.41) is 0. The van der Waals surface area contributed by atoms with Crippen LogP contribution in [0.4, 0.5) is 0 Å². The van der Waals surface area contributed by atoms with Crippen LogP contribution < -0.4 is 0 Å². The van der Waals surface area contributed by atoms with Gasteiger partial charge in [0.15, 0.2) is 0 Å². The molecule has 1 rings (SSSR count). The molecule has 0 aromatic rings. The van der Waals surface area contributed by atoms with E-state index in [1.807, 2.05) is 31.2 Å². The molecule has 1 atom stereocenters.